The Morgan fingerprint density at radius 1 is 1.00 bits per heavy atom. The number of hydrogen-bond acceptors (Lipinski definition) is 3. The second-order valence-electron chi connectivity index (χ2n) is 6.72. The van der Waals surface area contributed by atoms with E-state index in [-0.39, 0.29) is 11.5 Å². The average molecular weight is 344 g/mol. The highest BCUT2D eigenvalue weighted by Gasteiger charge is 2.24. The number of hydrogen-bond donors (Lipinski definition) is 2. The van der Waals surface area contributed by atoms with Crippen LogP contribution in [-0.2, 0) is 4.79 Å². The number of nitrogens with zero attached hydrogens (tertiary/aromatic N) is 1. The lowest BCUT2D eigenvalue weighted by Crippen LogP contribution is -2.34. The summed E-state index contributed by atoms with van der Waals surface area (Å²) in [4.78, 5) is 18.4. The van der Waals surface area contributed by atoms with Gasteiger partial charge in [-0.05, 0) is 43.0 Å². The molecule has 0 radical (unpaired) electrons. The highest BCUT2D eigenvalue weighted by Crippen LogP contribution is 2.25. The molecule has 1 aromatic heterocycles. The lowest BCUT2D eigenvalue weighted by atomic mass is 9.94. The summed E-state index contributed by atoms with van der Waals surface area (Å²) in [6.07, 6.45) is 5.84. The van der Waals surface area contributed by atoms with E-state index in [1.807, 2.05) is 55.7 Å². The highest BCUT2D eigenvalue weighted by atomic mass is 16.3. The van der Waals surface area contributed by atoms with Crippen molar-refractivity contribution in [1.82, 2.24) is 9.88 Å². The van der Waals surface area contributed by atoms with Crippen LogP contribution in [-0.4, -0.2) is 40.9 Å². The van der Waals surface area contributed by atoms with E-state index >= 15 is 0 Å². The third-order valence-corrected chi connectivity index (χ3v) is 4.65. The molecule has 0 atom stereocenters. The van der Waals surface area contributed by atoms with Gasteiger partial charge in [0, 0.05) is 46.9 Å². The molecule has 0 unspecified atom stereocenters. The smallest absolute Gasteiger partial charge is 0.187 e. The van der Waals surface area contributed by atoms with Crippen molar-refractivity contribution < 1.29 is 9.90 Å². The molecule has 0 aliphatic carbocycles. The molecule has 3 aromatic rings. The zero-order valence-corrected chi connectivity index (χ0v) is 14.6. The highest BCUT2D eigenvalue weighted by molar-refractivity contribution is 6.15. The maximum Gasteiger partial charge on any atom is 0.187 e. The third kappa shape index (κ3) is 3.19. The van der Waals surface area contributed by atoms with Gasteiger partial charge in [-0.25, -0.2) is 0 Å². The number of aromatic hydroxyl groups is 1. The van der Waals surface area contributed by atoms with Crippen molar-refractivity contribution >= 4 is 28.8 Å². The van der Waals surface area contributed by atoms with Crippen molar-refractivity contribution in [2.24, 2.45) is 0 Å². The number of aromatic amines is 1. The molecule has 0 bridgehead atoms. The van der Waals surface area contributed by atoms with E-state index in [1.54, 1.807) is 12.1 Å². The Kier molecular flexibility index (Phi) is 4.19. The van der Waals surface area contributed by atoms with E-state index in [4.69, 9.17) is 0 Å². The normalized spacial score (nSPS) is 18.9. The van der Waals surface area contributed by atoms with Crippen molar-refractivity contribution in [3.8, 4) is 5.75 Å². The van der Waals surface area contributed by atoms with Gasteiger partial charge in [0.05, 0.1) is 0 Å². The van der Waals surface area contributed by atoms with Gasteiger partial charge >= 0.3 is 0 Å². The average Bonchev–Trinajstić information content (AvgIpc) is 3.04. The van der Waals surface area contributed by atoms with Crippen molar-refractivity contribution in [2.75, 3.05) is 20.1 Å². The maximum atomic E-state index is 13.0. The molecule has 2 aromatic carbocycles. The molecule has 0 spiro atoms. The van der Waals surface area contributed by atoms with Crippen LogP contribution in [0.3, 0.4) is 0 Å². The Morgan fingerprint density at radius 3 is 2.46 bits per heavy atom. The minimum Gasteiger partial charge on any atom is -0.508 e. The monoisotopic (exact) mass is 344 g/mol. The number of phenols is 1. The number of para-hydroxylation sites is 1. The molecule has 1 saturated heterocycles. The number of fused-ring (bicyclic) bond motifs is 1. The van der Waals surface area contributed by atoms with Gasteiger partial charge in [-0.3, -0.25) is 9.69 Å². The summed E-state index contributed by atoms with van der Waals surface area (Å²) < 4.78 is 0. The first-order chi connectivity index (χ1) is 12.6. The summed E-state index contributed by atoms with van der Waals surface area (Å²) in [6, 6.07) is 15.0. The molecule has 1 aliphatic rings. The number of likely N-dealkylation sites (tertiary alicyclic amines) is 1. The summed E-state index contributed by atoms with van der Waals surface area (Å²) in [5.41, 5.74) is 4.55. The molecule has 26 heavy (non-hydrogen) atoms. The van der Waals surface area contributed by atoms with E-state index in [1.165, 1.54) is 0 Å². The van der Waals surface area contributed by atoms with Crippen LogP contribution in [0.5, 0.6) is 5.75 Å². The van der Waals surface area contributed by atoms with Gasteiger partial charge < -0.3 is 10.1 Å². The van der Waals surface area contributed by atoms with Crippen molar-refractivity contribution in [3.63, 3.8) is 0 Å². The van der Waals surface area contributed by atoms with Gasteiger partial charge in [0.2, 0.25) is 0 Å². The predicted octanol–water partition coefficient (Wildman–Crippen LogP) is 3.86. The SMILES string of the molecule is CN1C/C(=C\c2ccc(O)cc2)C(=O)/C(=C/c2c[nH]c3ccccc23)C1. The molecule has 130 valence electrons. The van der Waals surface area contributed by atoms with E-state index in [0.29, 0.717) is 13.1 Å². The van der Waals surface area contributed by atoms with Gasteiger partial charge in [-0.1, -0.05) is 30.3 Å². The summed E-state index contributed by atoms with van der Waals surface area (Å²) in [5, 5.41) is 10.5. The first-order valence-corrected chi connectivity index (χ1v) is 8.60. The van der Waals surface area contributed by atoms with Gasteiger partial charge in [0.1, 0.15) is 5.75 Å². The molecule has 1 aliphatic heterocycles. The van der Waals surface area contributed by atoms with Crippen LogP contribution in [0, 0.1) is 0 Å². The molecular formula is C22H20N2O2. The van der Waals surface area contributed by atoms with E-state index in [9.17, 15) is 9.90 Å². The molecule has 0 saturated carbocycles. The number of carbonyl (C=O) groups is 1. The van der Waals surface area contributed by atoms with E-state index in [0.717, 1.165) is 33.2 Å². The Hall–Kier alpha value is -3.11. The van der Waals surface area contributed by atoms with Crippen molar-refractivity contribution in [3.05, 3.63) is 77.0 Å². The molecule has 2 heterocycles. The Bertz CT molecular complexity index is 1030. The minimum atomic E-state index is 0.0847. The molecule has 4 rings (SSSR count). The first kappa shape index (κ1) is 16.4. The van der Waals surface area contributed by atoms with E-state index < -0.39 is 0 Å². The number of aromatic nitrogens is 1. The number of rotatable bonds is 2. The molecule has 1 fully saturated rings. The van der Waals surface area contributed by atoms with Gasteiger partial charge in [-0.2, -0.15) is 0 Å². The number of carbonyl (C=O) groups excluding carboxylic acids is 1. The topological polar surface area (TPSA) is 56.3 Å². The third-order valence-electron chi connectivity index (χ3n) is 4.65. The number of phenolic OH excluding ortho intramolecular Hbond substituents is 1. The summed E-state index contributed by atoms with van der Waals surface area (Å²) in [6.45, 7) is 1.25. The molecule has 4 nitrogen and oxygen atoms in total. The number of nitrogens with one attached hydrogen (secondary N) is 1. The number of piperidine rings is 1. The van der Waals surface area contributed by atoms with E-state index in [2.05, 4.69) is 16.0 Å². The summed E-state index contributed by atoms with van der Waals surface area (Å²) in [7, 11) is 2.01. The lowest BCUT2D eigenvalue weighted by Gasteiger charge is -2.26. The largest absolute Gasteiger partial charge is 0.508 e. The molecule has 4 heteroatoms. The number of benzene rings is 2. The second kappa shape index (κ2) is 6.65. The second-order valence-corrected chi connectivity index (χ2v) is 6.72. The summed E-state index contributed by atoms with van der Waals surface area (Å²) >= 11 is 0. The van der Waals surface area contributed by atoms with Crippen molar-refractivity contribution in [2.45, 2.75) is 0 Å². The van der Waals surface area contributed by atoms with Crippen molar-refractivity contribution in [1.29, 1.82) is 0 Å². The molecule has 2 N–H and O–H groups in total. The van der Waals surface area contributed by atoms with Crippen LogP contribution in [0.25, 0.3) is 23.1 Å². The quantitative estimate of drug-likeness (QED) is 0.694. The number of Topliss-reactive ketones (excluding diaryl/α,β-unsaturated/α-hetero) is 1. The fraction of sp³-hybridized carbons (Fsp3) is 0.136. The molecular weight excluding hydrogens is 324 g/mol. The number of likely N-dealkylation sites (N-methyl/N-ethyl adjacent to an activating group) is 1. The van der Waals surface area contributed by atoms with Gasteiger partial charge in [0.15, 0.2) is 5.78 Å². The Labute approximate surface area is 152 Å². The Balaban J connectivity index is 1.70. The Morgan fingerprint density at radius 2 is 1.69 bits per heavy atom. The zero-order valence-electron chi connectivity index (χ0n) is 14.6. The van der Waals surface area contributed by atoms with Gasteiger partial charge in [-0.15, -0.1) is 0 Å². The lowest BCUT2D eigenvalue weighted by molar-refractivity contribution is -0.113. The zero-order chi connectivity index (χ0) is 18.1. The van der Waals surface area contributed by atoms with Crippen LogP contribution < -0.4 is 0 Å². The van der Waals surface area contributed by atoms with Gasteiger partial charge in [0.25, 0.3) is 0 Å². The van der Waals surface area contributed by atoms with Crippen LogP contribution in [0.1, 0.15) is 11.1 Å². The van der Waals surface area contributed by atoms with Crippen LogP contribution in [0.15, 0.2) is 65.9 Å². The van der Waals surface area contributed by atoms with Crippen LogP contribution in [0.4, 0.5) is 0 Å². The van der Waals surface area contributed by atoms with Crippen LogP contribution >= 0.6 is 0 Å². The molecule has 0 amide bonds. The standard InChI is InChI=1S/C22H20N2O2/c1-24-13-17(10-15-6-8-19(25)9-7-15)22(26)18(14-24)11-16-12-23-21-5-3-2-4-20(16)21/h2-12,23,25H,13-14H2,1H3/b17-10+,18-11+. The first-order valence-electron chi connectivity index (χ1n) is 8.60. The predicted molar refractivity (Wildman–Crippen MR) is 105 cm³/mol. The minimum absolute atomic E-state index is 0.0847. The summed E-state index contributed by atoms with van der Waals surface area (Å²) in [5.74, 6) is 0.306. The fourth-order valence-corrected chi connectivity index (χ4v) is 3.38. The number of ketones is 1. The fourth-order valence-electron chi connectivity index (χ4n) is 3.38. The number of H-pyrrole nitrogens is 1. The van der Waals surface area contributed by atoms with Crippen LogP contribution in [0.2, 0.25) is 0 Å². The maximum absolute atomic E-state index is 13.0.